The van der Waals surface area contributed by atoms with E-state index in [0.717, 1.165) is 44.8 Å². The average Bonchev–Trinajstić information content (AvgIpc) is 3.28. The number of rotatable bonds is 7. The van der Waals surface area contributed by atoms with Crippen LogP contribution in [0.5, 0.6) is 0 Å². The van der Waals surface area contributed by atoms with E-state index in [-0.39, 0.29) is 5.82 Å². The zero-order valence-electron chi connectivity index (χ0n) is 17.9. The summed E-state index contributed by atoms with van der Waals surface area (Å²) in [5.74, 6) is -0.271. The number of aromatic nitrogens is 2. The van der Waals surface area contributed by atoms with Gasteiger partial charge in [-0.1, -0.05) is 24.3 Å². The van der Waals surface area contributed by atoms with Gasteiger partial charge in [0.25, 0.3) is 0 Å². The van der Waals surface area contributed by atoms with Crippen LogP contribution < -0.4 is 16.0 Å². The second kappa shape index (κ2) is 10.2. The van der Waals surface area contributed by atoms with Gasteiger partial charge in [0, 0.05) is 48.7 Å². The van der Waals surface area contributed by atoms with Crippen molar-refractivity contribution in [3.63, 3.8) is 0 Å². The fraction of sp³-hybridized carbons (Fsp3) is 0.125. The van der Waals surface area contributed by atoms with Crippen molar-refractivity contribution in [2.24, 2.45) is 0 Å². The number of anilines is 2. The lowest BCUT2D eigenvalue weighted by atomic mass is 10.1. The van der Waals surface area contributed by atoms with Gasteiger partial charge >= 0.3 is 0 Å². The third kappa shape index (κ3) is 4.75. The highest BCUT2D eigenvalue weighted by Gasteiger charge is 2.13. The quantitative estimate of drug-likeness (QED) is 0.296. The molecule has 0 radical (unpaired) electrons. The van der Waals surface area contributed by atoms with E-state index in [4.69, 9.17) is 4.91 Å². The lowest BCUT2D eigenvalue weighted by Gasteiger charge is -2.14. The van der Waals surface area contributed by atoms with Gasteiger partial charge in [-0.2, -0.15) is 10.0 Å². The first-order chi connectivity index (χ1) is 15.6. The van der Waals surface area contributed by atoms with Crippen molar-refractivity contribution in [2.75, 3.05) is 24.7 Å². The van der Waals surface area contributed by atoms with Crippen LogP contribution in [-0.2, 0) is 6.54 Å². The summed E-state index contributed by atoms with van der Waals surface area (Å²) in [6.07, 6.45) is 1.82. The van der Waals surface area contributed by atoms with Crippen LogP contribution in [0.25, 0.3) is 22.3 Å². The molecule has 1 aromatic heterocycles. The van der Waals surface area contributed by atoms with Crippen LogP contribution in [-0.4, -0.2) is 23.9 Å². The number of benzene rings is 3. The fourth-order valence-corrected chi connectivity index (χ4v) is 3.40. The zero-order chi connectivity index (χ0) is 23.1. The predicted molar refractivity (Wildman–Crippen MR) is 129 cm³/mol. The summed E-state index contributed by atoms with van der Waals surface area (Å²) in [6.45, 7) is 4.92. The molecule has 0 aliphatic heterocycles. The normalized spacial score (nSPS) is 10.2. The highest BCUT2D eigenvalue weighted by Crippen LogP contribution is 2.29. The highest BCUT2D eigenvalue weighted by molar-refractivity contribution is 5.94. The Bertz CT molecular complexity index is 1200. The molecule has 0 fully saturated rings. The van der Waals surface area contributed by atoms with Gasteiger partial charge in [0.15, 0.2) is 0 Å². The van der Waals surface area contributed by atoms with Gasteiger partial charge in [0.2, 0.25) is 0 Å². The molecule has 7 nitrogen and oxygen atoms in total. The monoisotopic (exact) mass is 432 g/mol. The molecule has 8 heteroatoms. The molecule has 0 saturated heterocycles. The number of hydrogen-bond acceptors (Lipinski definition) is 6. The van der Waals surface area contributed by atoms with Crippen molar-refractivity contribution in [3.05, 3.63) is 95.3 Å². The van der Waals surface area contributed by atoms with Crippen molar-refractivity contribution >= 4 is 28.0 Å². The maximum atomic E-state index is 13.3. The summed E-state index contributed by atoms with van der Waals surface area (Å²) in [7, 11) is 3.78. The maximum Gasteiger partial charge on any atom is 0.123 e. The van der Waals surface area contributed by atoms with Crippen LogP contribution in [0.15, 0.2) is 73.4 Å². The van der Waals surface area contributed by atoms with Gasteiger partial charge < -0.3 is 16.0 Å². The molecule has 0 atom stereocenters. The first kappa shape index (κ1) is 22.5. The van der Waals surface area contributed by atoms with Crippen molar-refractivity contribution in [3.8, 4) is 5.69 Å². The Balaban J connectivity index is 0.00000141. The number of hydrogen-bond donors (Lipinski definition) is 4. The Morgan fingerprint density at radius 2 is 1.66 bits per heavy atom. The number of nitrogens with zero attached hydrogens (tertiary/aromatic N) is 2. The van der Waals surface area contributed by atoms with Crippen molar-refractivity contribution in [2.45, 2.75) is 6.54 Å². The predicted octanol–water partition coefficient (Wildman–Crippen LogP) is 5.34. The SMILES string of the molecule is C=C(NCc1ccc(NC)cc1)c1cc(NC)cc2c1cnn2-c1ccc(F)cc1.N=O. The number of nitroso groups, excluding NO2 is 1. The van der Waals surface area contributed by atoms with Crippen LogP contribution in [0, 0.1) is 16.3 Å². The molecule has 164 valence electrons. The Labute approximate surface area is 185 Å². The summed E-state index contributed by atoms with van der Waals surface area (Å²) < 4.78 is 15.1. The van der Waals surface area contributed by atoms with E-state index >= 15 is 0 Å². The molecule has 0 saturated carbocycles. The minimum absolute atomic E-state index is 0.271. The summed E-state index contributed by atoms with van der Waals surface area (Å²) in [5.41, 5.74) is 11.2. The molecule has 4 N–H and O–H groups in total. The van der Waals surface area contributed by atoms with Gasteiger partial charge in [0.1, 0.15) is 5.82 Å². The first-order valence-electron chi connectivity index (χ1n) is 9.95. The minimum atomic E-state index is -0.271. The third-order valence-electron chi connectivity index (χ3n) is 5.12. The van der Waals surface area contributed by atoms with Crippen molar-refractivity contribution < 1.29 is 4.39 Å². The molecule has 0 bridgehead atoms. The summed E-state index contributed by atoms with van der Waals surface area (Å²) in [6, 6.07) is 18.6. The second-order valence-corrected chi connectivity index (χ2v) is 7.02. The smallest absolute Gasteiger partial charge is 0.123 e. The van der Waals surface area contributed by atoms with Crippen LogP contribution in [0.4, 0.5) is 15.8 Å². The zero-order valence-corrected chi connectivity index (χ0v) is 17.9. The van der Waals surface area contributed by atoms with Gasteiger partial charge in [-0.15, -0.1) is 0 Å². The van der Waals surface area contributed by atoms with Crippen molar-refractivity contribution in [1.29, 1.82) is 5.59 Å². The first-order valence-corrected chi connectivity index (χ1v) is 9.95. The van der Waals surface area contributed by atoms with E-state index in [1.807, 2.05) is 43.2 Å². The van der Waals surface area contributed by atoms with Crippen LogP contribution in [0.1, 0.15) is 11.1 Å². The molecule has 1 heterocycles. The van der Waals surface area contributed by atoms with Crippen LogP contribution in [0.2, 0.25) is 0 Å². The van der Waals surface area contributed by atoms with Crippen LogP contribution in [0.3, 0.4) is 0 Å². The molecule has 4 aromatic rings. The molecule has 0 unspecified atom stereocenters. The Morgan fingerprint density at radius 3 is 2.28 bits per heavy atom. The van der Waals surface area contributed by atoms with E-state index in [0.29, 0.717) is 6.54 Å². The van der Waals surface area contributed by atoms with Crippen molar-refractivity contribution in [1.82, 2.24) is 15.1 Å². The van der Waals surface area contributed by atoms with Gasteiger partial charge in [-0.25, -0.2) is 9.07 Å². The largest absolute Gasteiger partial charge is 0.388 e. The molecule has 32 heavy (non-hydrogen) atoms. The molecule has 0 aliphatic rings. The van der Waals surface area contributed by atoms with Crippen LogP contribution >= 0.6 is 0 Å². The van der Waals surface area contributed by atoms with Gasteiger partial charge in [0.05, 0.1) is 17.4 Å². The number of fused-ring (bicyclic) bond motifs is 1. The minimum Gasteiger partial charge on any atom is -0.388 e. The van der Waals surface area contributed by atoms with E-state index in [9.17, 15) is 4.39 Å². The third-order valence-corrected chi connectivity index (χ3v) is 5.12. The van der Waals surface area contributed by atoms with Gasteiger partial charge in [-0.3, -0.25) is 0 Å². The summed E-state index contributed by atoms with van der Waals surface area (Å²) in [4.78, 5) is 7.50. The molecule has 3 aromatic carbocycles. The summed E-state index contributed by atoms with van der Waals surface area (Å²) in [5, 5.41) is 15.3. The topological polar surface area (TPSA) is 94.8 Å². The Hall–Kier alpha value is -4.20. The molecule has 0 amide bonds. The van der Waals surface area contributed by atoms with E-state index in [1.54, 1.807) is 12.1 Å². The molecular weight excluding hydrogens is 407 g/mol. The maximum absolute atomic E-state index is 13.3. The number of halogens is 1. The second-order valence-electron chi connectivity index (χ2n) is 7.02. The standard InChI is InChI=1S/C24H24FN5.HNO/c1-16(28-14-17-4-8-19(26-2)9-5-17)22-12-20(27-3)13-24-23(22)15-29-30(24)21-10-6-18(25)7-11-21;1-2/h4-13,15,26-28H,1,14H2,2-3H3;1H. The van der Waals surface area contributed by atoms with E-state index in [1.165, 1.54) is 12.1 Å². The Morgan fingerprint density at radius 1 is 1.00 bits per heavy atom. The molecular formula is C24H25FN6O. The van der Waals surface area contributed by atoms with Gasteiger partial charge in [-0.05, 0) is 54.1 Å². The van der Waals surface area contributed by atoms with E-state index in [2.05, 4.69) is 51.4 Å². The van der Waals surface area contributed by atoms with E-state index < -0.39 is 0 Å². The lowest BCUT2D eigenvalue weighted by Crippen LogP contribution is -2.11. The molecule has 0 spiro atoms. The summed E-state index contributed by atoms with van der Waals surface area (Å²) >= 11 is 0. The number of nitrogens with one attached hydrogen (secondary N) is 4. The average molecular weight is 433 g/mol. The molecule has 0 aliphatic carbocycles. The highest BCUT2D eigenvalue weighted by atomic mass is 19.1. The lowest BCUT2D eigenvalue weighted by molar-refractivity contribution is 0.627. The molecule has 4 rings (SSSR count). The Kier molecular flexibility index (Phi) is 7.17. The fourth-order valence-electron chi connectivity index (χ4n) is 3.40.